The fourth-order valence-electron chi connectivity index (χ4n) is 3.79. The molecule has 24 heavy (non-hydrogen) atoms. The molecule has 0 amide bonds. The third-order valence-corrected chi connectivity index (χ3v) is 13.0. The first kappa shape index (κ1) is 21.8. The number of rotatable bonds is 11. The molecule has 2 unspecified atom stereocenters. The van der Waals surface area contributed by atoms with Crippen molar-refractivity contribution >= 4 is 19.7 Å². The van der Waals surface area contributed by atoms with Gasteiger partial charge in [0.25, 0.3) is 0 Å². The van der Waals surface area contributed by atoms with Crippen LogP contribution in [0.3, 0.4) is 0 Å². The normalized spacial score (nSPS) is 14.6. The van der Waals surface area contributed by atoms with Gasteiger partial charge in [0, 0.05) is 5.38 Å². The van der Waals surface area contributed by atoms with Crippen LogP contribution in [0.4, 0.5) is 0 Å². The summed E-state index contributed by atoms with van der Waals surface area (Å²) in [6.07, 6.45) is 8.30. The molecule has 2 aliphatic rings. The molecule has 0 N–H and O–H groups in total. The Morgan fingerprint density at radius 3 is 1.25 bits per heavy atom. The van der Waals surface area contributed by atoms with Crippen LogP contribution in [0.25, 0.3) is 11.1 Å². The van der Waals surface area contributed by atoms with E-state index in [0.29, 0.717) is 5.38 Å². The number of fused-ring (bicyclic) bond motifs is 1. The molecular formula is C22H39ClSi. The zero-order chi connectivity index (χ0) is 18.0. The van der Waals surface area contributed by atoms with Crippen LogP contribution in [0.2, 0.25) is 23.7 Å². The van der Waals surface area contributed by atoms with Crippen LogP contribution in [0.5, 0.6) is 0 Å². The van der Waals surface area contributed by atoms with Gasteiger partial charge in [0.05, 0.1) is 8.07 Å². The second-order valence-corrected chi connectivity index (χ2v) is 13.5. The Labute approximate surface area is 157 Å². The summed E-state index contributed by atoms with van der Waals surface area (Å²) in [6, 6.07) is 13.0. The molecule has 0 spiro atoms. The van der Waals surface area contributed by atoms with Crippen LogP contribution in [-0.2, 0) is 0 Å². The lowest BCUT2D eigenvalue weighted by molar-refractivity contribution is 0.733. The van der Waals surface area contributed by atoms with Gasteiger partial charge in [0.1, 0.15) is 0 Å². The van der Waals surface area contributed by atoms with Crippen LogP contribution in [0.1, 0.15) is 73.1 Å². The Morgan fingerprint density at radius 1 is 0.750 bits per heavy atom. The minimum Gasteiger partial charge on any atom is -0.123 e. The topological polar surface area (TPSA) is 0 Å². The van der Waals surface area contributed by atoms with Crippen LogP contribution in [0, 0.1) is 0 Å². The van der Waals surface area contributed by atoms with E-state index in [9.17, 15) is 0 Å². The highest BCUT2D eigenvalue weighted by Crippen LogP contribution is 2.41. The summed E-state index contributed by atoms with van der Waals surface area (Å²) >= 11 is 6.48. The van der Waals surface area contributed by atoms with Crippen LogP contribution in [0.15, 0.2) is 24.3 Å². The van der Waals surface area contributed by atoms with Gasteiger partial charge in [-0.3, -0.25) is 0 Å². The lowest BCUT2D eigenvalue weighted by Gasteiger charge is -2.39. The summed E-state index contributed by atoms with van der Waals surface area (Å²) in [5.41, 5.74) is 3.63. The van der Waals surface area contributed by atoms with Crippen molar-refractivity contribution in [1.29, 1.82) is 0 Å². The van der Waals surface area contributed by atoms with Crippen molar-refractivity contribution < 1.29 is 0 Å². The predicted octanol–water partition coefficient (Wildman–Crippen LogP) is 8.52. The number of halogens is 1. The van der Waals surface area contributed by atoms with E-state index in [1.165, 1.54) is 67.8 Å². The van der Waals surface area contributed by atoms with E-state index in [1.807, 2.05) is 0 Å². The van der Waals surface area contributed by atoms with Crippen molar-refractivity contribution in [2.24, 2.45) is 0 Å². The average molecular weight is 367 g/mol. The quantitative estimate of drug-likeness (QED) is 0.276. The van der Waals surface area contributed by atoms with Crippen molar-refractivity contribution in [2.75, 3.05) is 0 Å². The number of hydrogen-bond acceptors (Lipinski definition) is 0. The highest BCUT2D eigenvalue weighted by atomic mass is 35.5. The first-order chi connectivity index (χ1) is 11.5. The van der Waals surface area contributed by atoms with E-state index in [0.717, 1.165) is 5.54 Å². The first-order valence-corrected chi connectivity index (χ1v) is 13.4. The summed E-state index contributed by atoms with van der Waals surface area (Å²) in [5, 5.41) is 0.363. The number of unbranched alkanes of at least 4 members (excludes halogenated alkanes) is 3. The summed E-state index contributed by atoms with van der Waals surface area (Å²) in [4.78, 5) is 0. The molecule has 0 radical (unpaired) electrons. The summed E-state index contributed by atoms with van der Waals surface area (Å²) in [6.45, 7) is 11.7. The molecule has 0 nitrogen and oxygen atoms in total. The third-order valence-electron chi connectivity index (χ3n) is 5.96. The van der Waals surface area contributed by atoms with Crippen LogP contribution < -0.4 is 0 Å². The monoisotopic (exact) mass is 366 g/mol. The van der Waals surface area contributed by atoms with Gasteiger partial charge >= 0.3 is 0 Å². The minimum atomic E-state index is -1.16. The van der Waals surface area contributed by atoms with E-state index < -0.39 is 8.07 Å². The zero-order valence-electron chi connectivity index (χ0n) is 16.7. The smallest absolute Gasteiger partial charge is 0.0578 e. The maximum atomic E-state index is 6.48. The van der Waals surface area contributed by atoms with Crippen molar-refractivity contribution in [2.45, 2.75) is 102 Å². The minimum absolute atomic E-state index is 0.363. The molecule has 2 aliphatic carbocycles. The van der Waals surface area contributed by atoms with E-state index in [-0.39, 0.29) is 0 Å². The van der Waals surface area contributed by atoms with Gasteiger partial charge in [-0.25, -0.2) is 0 Å². The van der Waals surface area contributed by atoms with Gasteiger partial charge in [0.2, 0.25) is 0 Å². The van der Waals surface area contributed by atoms with Crippen LogP contribution in [-0.4, -0.2) is 13.5 Å². The van der Waals surface area contributed by atoms with Crippen molar-refractivity contribution in [3.05, 3.63) is 24.3 Å². The first-order valence-electron chi connectivity index (χ1n) is 10.2. The molecule has 2 atom stereocenters. The molecule has 0 heterocycles. The Hall–Kier alpha value is -0.273. The maximum Gasteiger partial charge on any atom is 0.0578 e. The van der Waals surface area contributed by atoms with Gasteiger partial charge in [0.15, 0.2) is 0 Å². The summed E-state index contributed by atoms with van der Waals surface area (Å²) < 4.78 is 0. The van der Waals surface area contributed by atoms with Gasteiger partial charge < -0.3 is 0 Å². The number of hydrogen-bond donors (Lipinski definition) is 0. The highest BCUT2D eigenvalue weighted by molar-refractivity contribution is 6.81. The molecule has 0 bridgehead atoms. The molecule has 0 saturated carbocycles. The molecule has 0 aromatic rings. The van der Waals surface area contributed by atoms with E-state index in [2.05, 4.69) is 58.9 Å². The average Bonchev–Trinajstić information content (AvgIpc) is 2.57. The lowest BCUT2D eigenvalue weighted by atomic mass is 9.95. The Balaban J connectivity index is 0.000000387. The molecule has 0 saturated heterocycles. The number of alkyl halides is 1. The van der Waals surface area contributed by atoms with E-state index in [1.54, 1.807) is 0 Å². The summed E-state index contributed by atoms with van der Waals surface area (Å²) in [7, 11) is -1.16. The van der Waals surface area contributed by atoms with Crippen molar-refractivity contribution in [3.63, 3.8) is 0 Å². The molecule has 2 rings (SSSR count). The number of benzene rings is 1. The fraction of sp³-hybridized carbons (Fsp3) is 0.727. The van der Waals surface area contributed by atoms with Crippen LogP contribution >= 0.6 is 11.6 Å². The molecular weight excluding hydrogens is 328 g/mol. The Kier molecular flexibility index (Phi) is 10.3. The lowest BCUT2D eigenvalue weighted by Crippen LogP contribution is -2.41. The van der Waals surface area contributed by atoms with Gasteiger partial charge in [-0.1, -0.05) is 109 Å². The second-order valence-electron chi connectivity index (χ2n) is 7.72. The molecule has 138 valence electrons. The van der Waals surface area contributed by atoms with E-state index >= 15 is 0 Å². The standard InChI is InChI=1S/C16H35ClSi.C6H4/c1-6-9-12-18(13-10-7-2,14-11-8-3)16(5)15(4)17;1-2-6-4-3-5(1)6/h15-16H,6-14H2,1-5H3;1-4H. The maximum absolute atomic E-state index is 6.48. The summed E-state index contributed by atoms with van der Waals surface area (Å²) in [5.74, 6) is 0. The second kappa shape index (κ2) is 11.4. The fourth-order valence-corrected chi connectivity index (χ4v) is 10.9. The highest BCUT2D eigenvalue weighted by Gasteiger charge is 2.38. The van der Waals surface area contributed by atoms with Gasteiger partial charge in [-0.2, -0.15) is 0 Å². The van der Waals surface area contributed by atoms with E-state index in [4.69, 9.17) is 11.6 Å². The molecule has 2 heteroatoms. The largest absolute Gasteiger partial charge is 0.123 e. The molecule has 0 aliphatic heterocycles. The third kappa shape index (κ3) is 6.22. The Morgan fingerprint density at radius 2 is 1.08 bits per heavy atom. The predicted molar refractivity (Wildman–Crippen MR) is 115 cm³/mol. The molecule has 0 fully saturated rings. The molecule has 0 aromatic carbocycles. The van der Waals surface area contributed by atoms with Crippen molar-refractivity contribution in [1.82, 2.24) is 0 Å². The SMILES string of the molecule is CCCC[Si](CCCC)(CCCC)C(C)C(C)Cl.c1cc2ccc1-2. The zero-order valence-corrected chi connectivity index (χ0v) is 18.5. The molecule has 0 aromatic heterocycles. The Bertz CT molecular complexity index is 395. The van der Waals surface area contributed by atoms with Gasteiger partial charge in [-0.05, 0) is 23.6 Å². The van der Waals surface area contributed by atoms with Crippen molar-refractivity contribution in [3.8, 4) is 11.1 Å². The van der Waals surface area contributed by atoms with Gasteiger partial charge in [-0.15, -0.1) is 11.6 Å².